The fraction of sp³-hybridized carbons (Fsp3) is 0.190. The zero-order chi connectivity index (χ0) is 20.5. The molecule has 4 aromatic rings. The number of benzene rings is 2. The van der Waals surface area contributed by atoms with Gasteiger partial charge < -0.3 is 9.88 Å². The summed E-state index contributed by atoms with van der Waals surface area (Å²) < 4.78 is 17.9. The van der Waals surface area contributed by atoms with Crippen molar-refractivity contribution in [3.8, 4) is 5.95 Å². The van der Waals surface area contributed by atoms with Gasteiger partial charge in [-0.25, -0.2) is 9.37 Å². The molecule has 8 heteroatoms. The highest BCUT2D eigenvalue weighted by Gasteiger charge is 2.19. The van der Waals surface area contributed by atoms with E-state index in [2.05, 4.69) is 10.4 Å². The molecule has 29 heavy (non-hydrogen) atoms. The third-order valence-corrected chi connectivity index (χ3v) is 4.98. The second kappa shape index (κ2) is 7.67. The molecular formula is C21H19ClFN5O. The molecule has 1 amide bonds. The number of imidazole rings is 1. The number of amides is 1. The van der Waals surface area contributed by atoms with Crippen molar-refractivity contribution in [1.82, 2.24) is 19.3 Å². The van der Waals surface area contributed by atoms with Crippen molar-refractivity contribution >= 4 is 34.4 Å². The highest BCUT2D eigenvalue weighted by atomic mass is 35.5. The Hall–Kier alpha value is -3.19. The van der Waals surface area contributed by atoms with E-state index in [1.54, 1.807) is 29.8 Å². The maximum Gasteiger partial charge on any atom is 0.234 e. The lowest BCUT2D eigenvalue weighted by atomic mass is 10.2. The van der Waals surface area contributed by atoms with E-state index in [4.69, 9.17) is 16.6 Å². The molecule has 0 spiro atoms. The SMILES string of the molecule is CCC(=O)Nc1cc(C)nn1-c1nc2ccccc2n1Cc1c(F)cccc1Cl. The quantitative estimate of drug-likeness (QED) is 0.516. The summed E-state index contributed by atoms with van der Waals surface area (Å²) in [6.45, 7) is 3.78. The standard InChI is InChI=1S/C21H19ClFN5O/c1-3-20(29)25-19-11-13(2)26-28(19)21-24-17-9-4-5-10-18(17)27(21)12-14-15(22)7-6-8-16(14)23/h4-11H,3,12H2,1-2H3,(H,25,29). The van der Waals surface area contributed by atoms with Crippen LogP contribution < -0.4 is 5.32 Å². The van der Waals surface area contributed by atoms with Crippen molar-refractivity contribution in [3.05, 3.63) is 70.6 Å². The lowest BCUT2D eigenvalue weighted by Gasteiger charge is -2.13. The molecular weight excluding hydrogens is 393 g/mol. The van der Waals surface area contributed by atoms with E-state index in [9.17, 15) is 9.18 Å². The molecule has 0 aliphatic carbocycles. The topological polar surface area (TPSA) is 64.7 Å². The fourth-order valence-electron chi connectivity index (χ4n) is 3.19. The average Bonchev–Trinajstić information content (AvgIpc) is 3.24. The number of rotatable bonds is 5. The molecule has 2 aromatic carbocycles. The van der Waals surface area contributed by atoms with Crippen LogP contribution in [0, 0.1) is 12.7 Å². The number of halogens is 2. The lowest BCUT2D eigenvalue weighted by Crippen LogP contribution is -2.16. The Labute approximate surface area is 171 Å². The normalized spacial score (nSPS) is 11.2. The molecule has 1 N–H and O–H groups in total. The number of nitrogens with zero attached hydrogens (tertiary/aromatic N) is 4. The molecule has 0 unspecified atom stereocenters. The molecule has 0 saturated carbocycles. The maximum absolute atomic E-state index is 14.5. The zero-order valence-electron chi connectivity index (χ0n) is 16.0. The number of nitrogens with one attached hydrogen (secondary N) is 1. The minimum absolute atomic E-state index is 0.133. The lowest BCUT2D eigenvalue weighted by molar-refractivity contribution is -0.115. The molecule has 4 rings (SSSR count). The van der Waals surface area contributed by atoms with Gasteiger partial charge in [0.15, 0.2) is 0 Å². The van der Waals surface area contributed by atoms with Crippen molar-refractivity contribution in [2.75, 3.05) is 5.32 Å². The highest BCUT2D eigenvalue weighted by molar-refractivity contribution is 6.31. The molecule has 0 fully saturated rings. The minimum atomic E-state index is -0.391. The largest absolute Gasteiger partial charge is 0.310 e. The Bertz CT molecular complexity index is 1190. The Balaban J connectivity index is 1.91. The van der Waals surface area contributed by atoms with Crippen molar-refractivity contribution in [2.45, 2.75) is 26.8 Å². The average molecular weight is 412 g/mol. The van der Waals surface area contributed by atoms with E-state index >= 15 is 0 Å². The van der Waals surface area contributed by atoms with Gasteiger partial charge >= 0.3 is 0 Å². The van der Waals surface area contributed by atoms with Crippen LogP contribution in [0.3, 0.4) is 0 Å². The highest BCUT2D eigenvalue weighted by Crippen LogP contribution is 2.27. The number of fused-ring (bicyclic) bond motifs is 1. The first-order valence-corrected chi connectivity index (χ1v) is 9.60. The first kappa shape index (κ1) is 19.1. The summed E-state index contributed by atoms with van der Waals surface area (Å²) in [7, 11) is 0. The zero-order valence-corrected chi connectivity index (χ0v) is 16.7. The van der Waals surface area contributed by atoms with E-state index in [1.807, 2.05) is 35.8 Å². The molecule has 148 valence electrons. The van der Waals surface area contributed by atoms with E-state index in [0.717, 1.165) is 16.7 Å². The van der Waals surface area contributed by atoms with Gasteiger partial charge in [-0.15, -0.1) is 0 Å². The fourth-order valence-corrected chi connectivity index (χ4v) is 3.42. The van der Waals surface area contributed by atoms with Gasteiger partial charge in [-0.3, -0.25) is 4.79 Å². The van der Waals surface area contributed by atoms with Crippen LogP contribution in [-0.2, 0) is 11.3 Å². The van der Waals surface area contributed by atoms with Gasteiger partial charge in [0.2, 0.25) is 11.9 Å². The molecule has 0 saturated heterocycles. The molecule has 6 nitrogen and oxygen atoms in total. The number of carbonyl (C=O) groups is 1. The Kier molecular flexibility index (Phi) is 5.07. The Morgan fingerprint density at radius 2 is 2.00 bits per heavy atom. The van der Waals surface area contributed by atoms with Gasteiger partial charge in [-0.1, -0.05) is 36.7 Å². The molecule has 0 aliphatic heterocycles. The van der Waals surface area contributed by atoms with Crippen molar-refractivity contribution in [3.63, 3.8) is 0 Å². The van der Waals surface area contributed by atoms with Gasteiger partial charge in [-0.2, -0.15) is 9.78 Å². The molecule has 2 aromatic heterocycles. The first-order valence-electron chi connectivity index (χ1n) is 9.23. The number of aromatic nitrogens is 4. The predicted octanol–water partition coefficient (Wildman–Crippen LogP) is 4.72. The van der Waals surface area contributed by atoms with Crippen LogP contribution in [0.4, 0.5) is 10.2 Å². The second-order valence-corrected chi connectivity index (χ2v) is 7.08. The molecule has 0 aliphatic rings. The van der Waals surface area contributed by atoms with Crippen molar-refractivity contribution < 1.29 is 9.18 Å². The summed E-state index contributed by atoms with van der Waals surface area (Å²) in [6, 6.07) is 13.9. The van der Waals surface area contributed by atoms with E-state index < -0.39 is 5.82 Å². The van der Waals surface area contributed by atoms with Gasteiger partial charge in [0, 0.05) is 23.1 Å². The van der Waals surface area contributed by atoms with Gasteiger partial charge in [0.1, 0.15) is 11.6 Å². The second-order valence-electron chi connectivity index (χ2n) is 6.67. The van der Waals surface area contributed by atoms with Crippen molar-refractivity contribution in [1.29, 1.82) is 0 Å². The minimum Gasteiger partial charge on any atom is -0.310 e. The smallest absolute Gasteiger partial charge is 0.234 e. The number of hydrogen-bond acceptors (Lipinski definition) is 3. The van der Waals surface area contributed by atoms with E-state index in [-0.39, 0.29) is 12.5 Å². The van der Waals surface area contributed by atoms with Gasteiger partial charge in [0.05, 0.1) is 23.3 Å². The summed E-state index contributed by atoms with van der Waals surface area (Å²) in [4.78, 5) is 16.7. The summed E-state index contributed by atoms with van der Waals surface area (Å²) >= 11 is 6.27. The third kappa shape index (κ3) is 3.61. The summed E-state index contributed by atoms with van der Waals surface area (Å²) in [5, 5.41) is 7.69. The van der Waals surface area contributed by atoms with Crippen molar-refractivity contribution in [2.24, 2.45) is 0 Å². The third-order valence-electron chi connectivity index (χ3n) is 4.62. The number of para-hydroxylation sites is 2. The van der Waals surface area contributed by atoms with Gasteiger partial charge in [-0.05, 0) is 31.2 Å². The van der Waals surface area contributed by atoms with Crippen LogP contribution in [0.15, 0.2) is 48.5 Å². The molecule has 0 radical (unpaired) electrons. The predicted molar refractivity (Wildman–Crippen MR) is 111 cm³/mol. The number of aryl methyl sites for hydroxylation is 1. The van der Waals surface area contributed by atoms with Crippen LogP contribution in [-0.4, -0.2) is 25.2 Å². The van der Waals surface area contributed by atoms with Crippen LogP contribution in [0.25, 0.3) is 17.0 Å². The van der Waals surface area contributed by atoms with Crippen LogP contribution in [0.2, 0.25) is 5.02 Å². The van der Waals surface area contributed by atoms with Gasteiger partial charge in [0.25, 0.3) is 0 Å². The Morgan fingerprint density at radius 3 is 2.76 bits per heavy atom. The monoisotopic (exact) mass is 411 g/mol. The van der Waals surface area contributed by atoms with Crippen LogP contribution >= 0.6 is 11.6 Å². The molecule has 2 heterocycles. The summed E-state index contributed by atoms with van der Waals surface area (Å²) in [6.07, 6.45) is 0.339. The molecule has 0 bridgehead atoms. The summed E-state index contributed by atoms with van der Waals surface area (Å²) in [5.41, 5.74) is 2.62. The number of carbonyl (C=O) groups excluding carboxylic acids is 1. The van der Waals surface area contributed by atoms with E-state index in [1.165, 1.54) is 6.07 Å². The number of hydrogen-bond donors (Lipinski definition) is 1. The van der Waals surface area contributed by atoms with Crippen LogP contribution in [0.1, 0.15) is 24.6 Å². The first-order chi connectivity index (χ1) is 14.0. The number of anilines is 1. The maximum atomic E-state index is 14.5. The molecule has 0 atom stereocenters. The Morgan fingerprint density at radius 1 is 1.21 bits per heavy atom. The van der Waals surface area contributed by atoms with E-state index in [0.29, 0.717) is 28.8 Å². The summed E-state index contributed by atoms with van der Waals surface area (Å²) in [5.74, 6) is 0.443. The van der Waals surface area contributed by atoms with Crippen LogP contribution in [0.5, 0.6) is 0 Å².